The number of carbonyl (C=O) groups excluding carboxylic acids is 4. The summed E-state index contributed by atoms with van der Waals surface area (Å²) in [5, 5.41) is 20.8. The Labute approximate surface area is 216 Å². The fraction of sp³-hybridized carbons (Fsp3) is 0.250. The summed E-state index contributed by atoms with van der Waals surface area (Å²) in [5.74, 6) is -1.78. The van der Waals surface area contributed by atoms with E-state index < -0.39 is 11.9 Å². The fourth-order valence-corrected chi connectivity index (χ4v) is 4.10. The van der Waals surface area contributed by atoms with Crippen LogP contribution >= 0.6 is 21.6 Å². The molecule has 2 aliphatic heterocycles. The van der Waals surface area contributed by atoms with Crippen LogP contribution in [0.2, 0.25) is 0 Å². The van der Waals surface area contributed by atoms with Crippen molar-refractivity contribution in [1.82, 2.24) is 10.6 Å². The molecule has 194 valence electrons. The highest BCUT2D eigenvalue weighted by Gasteiger charge is 2.25. The van der Waals surface area contributed by atoms with Crippen LogP contribution < -0.4 is 10.6 Å². The number of fused-ring (bicyclic) bond motifs is 1. The molecule has 3 rings (SSSR count). The topological polar surface area (TPSA) is 167 Å². The zero-order chi connectivity index (χ0) is 27.5. The van der Waals surface area contributed by atoms with Gasteiger partial charge in [0.2, 0.25) is 0 Å². The molecule has 1 aromatic rings. The van der Waals surface area contributed by atoms with E-state index >= 15 is 0 Å². The number of imide groups is 2. The smallest absolute Gasteiger partial charge is 0.304 e. The molecule has 0 atom stereocenters. The highest BCUT2D eigenvalue weighted by Crippen LogP contribution is 2.22. The molecule has 12 heteroatoms. The SMILES string of the molecule is C=C/C=C\C.CC1=CC(=O)NC1=O.O=C(O)CCSSCCC(=O)O.O=C1NC(=O)c2ccccc21. The lowest BCUT2D eigenvalue weighted by Gasteiger charge is -1.95. The number of rotatable bonds is 8. The summed E-state index contributed by atoms with van der Waals surface area (Å²) in [6.07, 6.45) is 7.12. The summed E-state index contributed by atoms with van der Waals surface area (Å²) in [6, 6.07) is 6.74. The Kier molecular flexibility index (Phi) is 16.8. The van der Waals surface area contributed by atoms with Crippen molar-refractivity contribution in [2.45, 2.75) is 26.7 Å². The van der Waals surface area contributed by atoms with E-state index in [9.17, 15) is 28.8 Å². The first-order chi connectivity index (χ1) is 17.0. The molecule has 10 nitrogen and oxygen atoms in total. The van der Waals surface area contributed by atoms with Crippen molar-refractivity contribution >= 4 is 57.2 Å². The number of amides is 4. The summed E-state index contributed by atoms with van der Waals surface area (Å²) in [4.78, 5) is 62.6. The summed E-state index contributed by atoms with van der Waals surface area (Å²) in [5.41, 5.74) is 1.42. The Bertz CT molecular complexity index is 984. The number of benzene rings is 1. The molecule has 4 amide bonds. The van der Waals surface area contributed by atoms with Crippen LogP contribution in [0, 0.1) is 0 Å². The normalized spacial score (nSPS) is 13.0. The van der Waals surface area contributed by atoms with Gasteiger partial charge in [0.15, 0.2) is 0 Å². The average molecular weight is 537 g/mol. The van der Waals surface area contributed by atoms with Crippen LogP contribution in [-0.4, -0.2) is 57.3 Å². The van der Waals surface area contributed by atoms with Crippen LogP contribution in [-0.2, 0) is 19.2 Å². The van der Waals surface area contributed by atoms with Crippen molar-refractivity contribution in [3.8, 4) is 0 Å². The Morgan fingerprint density at radius 1 is 0.889 bits per heavy atom. The Morgan fingerprint density at radius 2 is 1.36 bits per heavy atom. The largest absolute Gasteiger partial charge is 0.481 e. The van der Waals surface area contributed by atoms with Crippen LogP contribution in [0.5, 0.6) is 0 Å². The third-order valence-corrected chi connectivity index (χ3v) is 6.20. The van der Waals surface area contributed by atoms with Gasteiger partial charge in [-0.15, -0.1) is 0 Å². The number of hydrogen-bond acceptors (Lipinski definition) is 8. The molecule has 0 aliphatic carbocycles. The van der Waals surface area contributed by atoms with Gasteiger partial charge in [0, 0.05) is 23.2 Å². The van der Waals surface area contributed by atoms with Crippen LogP contribution in [0.4, 0.5) is 0 Å². The van der Waals surface area contributed by atoms with Crippen molar-refractivity contribution in [3.63, 3.8) is 0 Å². The number of carbonyl (C=O) groups is 6. The average Bonchev–Trinajstić information content (AvgIpc) is 3.28. The van der Waals surface area contributed by atoms with Crippen molar-refractivity contribution in [2.75, 3.05) is 11.5 Å². The lowest BCUT2D eigenvalue weighted by Crippen LogP contribution is -2.21. The zero-order valence-corrected chi connectivity index (χ0v) is 21.4. The second kappa shape index (κ2) is 18.7. The lowest BCUT2D eigenvalue weighted by molar-refractivity contribution is -0.137. The van der Waals surface area contributed by atoms with E-state index in [1.165, 1.54) is 27.7 Å². The second-order valence-electron chi connectivity index (χ2n) is 6.67. The summed E-state index contributed by atoms with van der Waals surface area (Å²) in [6.45, 7) is 7.02. The van der Waals surface area contributed by atoms with Gasteiger partial charge in [-0.1, -0.05) is 58.5 Å². The predicted molar refractivity (Wildman–Crippen MR) is 140 cm³/mol. The lowest BCUT2D eigenvalue weighted by atomic mass is 10.1. The van der Waals surface area contributed by atoms with Crippen molar-refractivity contribution in [1.29, 1.82) is 0 Å². The quantitative estimate of drug-likeness (QED) is 0.168. The number of allylic oxidation sites excluding steroid dienone is 3. The molecule has 36 heavy (non-hydrogen) atoms. The summed E-state index contributed by atoms with van der Waals surface area (Å²) >= 11 is 0. The third kappa shape index (κ3) is 14.6. The minimum Gasteiger partial charge on any atom is -0.481 e. The van der Waals surface area contributed by atoms with E-state index in [1.807, 2.05) is 19.1 Å². The summed E-state index contributed by atoms with van der Waals surface area (Å²) in [7, 11) is 2.79. The number of nitrogens with one attached hydrogen (secondary N) is 2. The number of aliphatic carboxylic acids is 2. The van der Waals surface area contributed by atoms with Crippen LogP contribution in [0.15, 0.2) is 60.7 Å². The molecular formula is C24H28N2O8S2. The zero-order valence-electron chi connectivity index (χ0n) is 19.8. The van der Waals surface area contributed by atoms with Gasteiger partial charge in [-0.25, -0.2) is 0 Å². The predicted octanol–water partition coefficient (Wildman–Crippen LogP) is 3.23. The monoisotopic (exact) mass is 536 g/mol. The highest BCUT2D eigenvalue weighted by atomic mass is 33.1. The molecule has 2 aliphatic rings. The first-order valence-corrected chi connectivity index (χ1v) is 12.9. The van der Waals surface area contributed by atoms with Crippen LogP contribution in [0.25, 0.3) is 0 Å². The van der Waals surface area contributed by atoms with Gasteiger partial charge in [0.25, 0.3) is 23.6 Å². The van der Waals surface area contributed by atoms with Crippen molar-refractivity contribution in [3.05, 3.63) is 71.8 Å². The molecule has 0 fully saturated rings. The minimum atomic E-state index is -0.818. The van der Waals surface area contributed by atoms with Gasteiger partial charge in [0.1, 0.15) is 0 Å². The first kappa shape index (κ1) is 32.4. The van der Waals surface area contributed by atoms with Crippen LogP contribution in [0.3, 0.4) is 0 Å². The van der Waals surface area contributed by atoms with E-state index in [-0.39, 0.29) is 36.5 Å². The van der Waals surface area contributed by atoms with Gasteiger partial charge in [0.05, 0.1) is 24.0 Å². The Hall–Kier alpha value is -3.64. The maximum atomic E-state index is 10.9. The minimum absolute atomic E-state index is 0.130. The fourth-order valence-electron chi connectivity index (χ4n) is 2.14. The van der Waals surface area contributed by atoms with Gasteiger partial charge in [-0.05, 0) is 26.0 Å². The van der Waals surface area contributed by atoms with Gasteiger partial charge < -0.3 is 10.2 Å². The molecule has 0 bridgehead atoms. The molecule has 0 saturated heterocycles. The molecule has 0 radical (unpaired) electrons. The van der Waals surface area contributed by atoms with Gasteiger partial charge >= 0.3 is 11.9 Å². The molecule has 0 saturated carbocycles. The van der Waals surface area contributed by atoms with Crippen molar-refractivity contribution in [2.24, 2.45) is 0 Å². The van der Waals surface area contributed by atoms with Crippen LogP contribution in [0.1, 0.15) is 47.4 Å². The molecule has 0 unspecified atom stereocenters. The van der Waals surface area contributed by atoms with Gasteiger partial charge in [-0.3, -0.25) is 39.4 Å². The molecule has 2 heterocycles. The molecule has 0 spiro atoms. The standard InChI is InChI=1S/C8H5NO2.C6H10O4S2.C5H5NO2.C5H8/c10-7-5-3-1-2-4-6(5)8(11)9-7;7-5(8)1-3-11-12-4-2-6(9)10;1-3-2-4(7)6-5(3)8;1-3-5-4-2/h1-4H,(H,9,10,11);1-4H2,(H,7,8)(H,9,10);2H,1H3,(H,6,7,8);3-5H,1H2,2H3/b;;;5-4-. The maximum Gasteiger partial charge on any atom is 0.304 e. The highest BCUT2D eigenvalue weighted by molar-refractivity contribution is 8.76. The number of carboxylic acid groups (broad SMARTS) is 2. The van der Waals surface area contributed by atoms with E-state index in [4.69, 9.17) is 10.2 Å². The van der Waals surface area contributed by atoms with E-state index in [0.717, 1.165) is 0 Å². The maximum absolute atomic E-state index is 10.9. The second-order valence-corrected chi connectivity index (χ2v) is 9.37. The van der Waals surface area contributed by atoms with Gasteiger partial charge in [-0.2, -0.15) is 0 Å². The van der Waals surface area contributed by atoms with Crippen molar-refractivity contribution < 1.29 is 39.0 Å². The molecule has 4 N–H and O–H groups in total. The van der Waals surface area contributed by atoms with E-state index in [0.29, 0.717) is 28.2 Å². The number of hydrogen-bond donors (Lipinski definition) is 4. The Morgan fingerprint density at radius 3 is 1.61 bits per heavy atom. The molecule has 0 aromatic heterocycles. The Balaban J connectivity index is 0.000000474. The molecule has 1 aromatic carbocycles. The molecular weight excluding hydrogens is 508 g/mol. The van der Waals surface area contributed by atoms with E-state index in [1.54, 1.807) is 37.3 Å². The summed E-state index contributed by atoms with van der Waals surface area (Å²) < 4.78 is 0. The third-order valence-electron chi connectivity index (χ3n) is 3.80. The van der Waals surface area contributed by atoms with E-state index in [2.05, 4.69) is 17.2 Å². The number of carboxylic acids is 2. The first-order valence-electron chi connectivity index (χ1n) is 10.4.